The molecule has 0 fully saturated rings. The number of carboxylic acids is 1. The van der Waals surface area contributed by atoms with E-state index in [2.05, 4.69) is 31.1 Å². The van der Waals surface area contributed by atoms with Gasteiger partial charge in [0.25, 0.3) is 0 Å². The van der Waals surface area contributed by atoms with E-state index in [4.69, 9.17) is 0 Å². The Morgan fingerprint density at radius 3 is 2.62 bits per heavy atom. The lowest BCUT2D eigenvalue weighted by molar-refractivity contribution is 0.0697. The van der Waals surface area contributed by atoms with Gasteiger partial charge in [-0.1, -0.05) is 26.7 Å². The normalized spacial score (nSPS) is 15.6. The van der Waals surface area contributed by atoms with E-state index in [1.54, 1.807) is 0 Å². The SMILES string of the molecule is CCC(CC)C(C)Nc1nc2c(cc1C(=O)O)CCCC2. The molecule has 0 aliphatic heterocycles. The molecule has 1 heterocycles. The quantitative estimate of drug-likeness (QED) is 0.834. The van der Waals surface area contributed by atoms with Crippen LogP contribution < -0.4 is 5.32 Å². The molecule has 2 rings (SSSR count). The molecule has 0 radical (unpaired) electrons. The first-order valence-corrected chi connectivity index (χ1v) is 8.09. The second-order valence-corrected chi connectivity index (χ2v) is 6.01. The highest BCUT2D eigenvalue weighted by Gasteiger charge is 2.21. The van der Waals surface area contributed by atoms with Gasteiger partial charge in [-0.2, -0.15) is 0 Å². The predicted octanol–water partition coefficient (Wildman–Crippen LogP) is 3.90. The van der Waals surface area contributed by atoms with Gasteiger partial charge in [0.05, 0.1) is 0 Å². The third-order valence-corrected chi connectivity index (χ3v) is 4.65. The Balaban J connectivity index is 2.30. The molecule has 21 heavy (non-hydrogen) atoms. The summed E-state index contributed by atoms with van der Waals surface area (Å²) < 4.78 is 0. The fourth-order valence-electron chi connectivity index (χ4n) is 3.24. The van der Waals surface area contributed by atoms with Crippen LogP contribution in [-0.4, -0.2) is 22.1 Å². The van der Waals surface area contributed by atoms with Gasteiger partial charge in [-0.05, 0) is 50.2 Å². The van der Waals surface area contributed by atoms with E-state index < -0.39 is 5.97 Å². The zero-order chi connectivity index (χ0) is 15.4. The summed E-state index contributed by atoms with van der Waals surface area (Å²) in [5, 5.41) is 12.8. The van der Waals surface area contributed by atoms with Crippen molar-refractivity contribution in [2.24, 2.45) is 5.92 Å². The number of hydrogen-bond donors (Lipinski definition) is 2. The van der Waals surface area contributed by atoms with Crippen molar-refractivity contribution >= 4 is 11.8 Å². The minimum Gasteiger partial charge on any atom is -0.478 e. The summed E-state index contributed by atoms with van der Waals surface area (Å²) in [5.74, 6) is 0.183. The number of nitrogens with zero attached hydrogens (tertiary/aromatic N) is 1. The van der Waals surface area contributed by atoms with Gasteiger partial charge in [-0.25, -0.2) is 9.78 Å². The van der Waals surface area contributed by atoms with Crippen LogP contribution in [0, 0.1) is 5.92 Å². The van der Waals surface area contributed by atoms with Crippen molar-refractivity contribution in [1.29, 1.82) is 0 Å². The number of aromatic nitrogens is 1. The Labute approximate surface area is 127 Å². The van der Waals surface area contributed by atoms with Gasteiger partial charge in [0, 0.05) is 11.7 Å². The molecule has 0 aromatic carbocycles. The zero-order valence-electron chi connectivity index (χ0n) is 13.3. The van der Waals surface area contributed by atoms with E-state index >= 15 is 0 Å². The van der Waals surface area contributed by atoms with Gasteiger partial charge in [0.15, 0.2) is 0 Å². The van der Waals surface area contributed by atoms with Gasteiger partial charge < -0.3 is 10.4 Å². The Morgan fingerprint density at radius 2 is 2.00 bits per heavy atom. The molecule has 116 valence electrons. The number of pyridine rings is 1. The van der Waals surface area contributed by atoms with E-state index in [1.165, 1.54) is 0 Å². The molecule has 0 spiro atoms. The molecular formula is C17H26N2O2. The van der Waals surface area contributed by atoms with Crippen molar-refractivity contribution in [2.75, 3.05) is 5.32 Å². The van der Waals surface area contributed by atoms with Crippen LogP contribution in [0.1, 0.15) is 68.1 Å². The molecule has 1 aromatic rings. The molecule has 4 nitrogen and oxygen atoms in total. The van der Waals surface area contributed by atoms with Crippen molar-refractivity contribution in [3.63, 3.8) is 0 Å². The maximum absolute atomic E-state index is 11.5. The molecule has 0 amide bonds. The van der Waals surface area contributed by atoms with E-state index in [1.807, 2.05) is 6.07 Å². The number of aromatic carboxylic acids is 1. The second-order valence-electron chi connectivity index (χ2n) is 6.01. The number of hydrogen-bond acceptors (Lipinski definition) is 3. The lowest BCUT2D eigenvalue weighted by Crippen LogP contribution is -2.27. The third kappa shape index (κ3) is 3.55. The van der Waals surface area contributed by atoms with Gasteiger partial charge in [-0.3, -0.25) is 0 Å². The van der Waals surface area contributed by atoms with Gasteiger partial charge >= 0.3 is 5.97 Å². The Bertz CT molecular complexity index is 510. The lowest BCUT2D eigenvalue weighted by atomic mass is 9.93. The molecular weight excluding hydrogens is 264 g/mol. The first-order chi connectivity index (χ1) is 10.1. The summed E-state index contributed by atoms with van der Waals surface area (Å²) in [6.07, 6.45) is 6.35. The molecule has 1 aliphatic rings. The van der Waals surface area contributed by atoms with E-state index in [-0.39, 0.29) is 6.04 Å². The highest BCUT2D eigenvalue weighted by atomic mass is 16.4. The van der Waals surface area contributed by atoms with E-state index in [0.29, 0.717) is 17.3 Å². The van der Waals surface area contributed by atoms with Crippen molar-refractivity contribution < 1.29 is 9.90 Å². The molecule has 1 atom stereocenters. The number of fused-ring (bicyclic) bond motifs is 1. The predicted molar refractivity (Wildman–Crippen MR) is 85.0 cm³/mol. The number of aryl methyl sites for hydroxylation is 2. The topological polar surface area (TPSA) is 62.2 Å². The summed E-state index contributed by atoms with van der Waals surface area (Å²) in [4.78, 5) is 16.2. The molecule has 4 heteroatoms. The van der Waals surface area contributed by atoms with Crippen LogP contribution in [0.25, 0.3) is 0 Å². The van der Waals surface area contributed by atoms with E-state index in [9.17, 15) is 9.90 Å². The van der Waals surface area contributed by atoms with E-state index in [0.717, 1.165) is 49.8 Å². The minimum atomic E-state index is -0.893. The number of anilines is 1. The number of nitrogens with one attached hydrogen (secondary N) is 1. The molecule has 1 aromatic heterocycles. The maximum Gasteiger partial charge on any atom is 0.339 e. The standard InChI is InChI=1S/C17H26N2O2/c1-4-12(5-2)11(3)18-16-14(17(20)21)10-13-8-6-7-9-15(13)19-16/h10-12H,4-9H2,1-3H3,(H,18,19)(H,20,21). The molecule has 0 saturated heterocycles. The van der Waals surface area contributed by atoms with Crippen LogP contribution >= 0.6 is 0 Å². The zero-order valence-corrected chi connectivity index (χ0v) is 13.3. The highest BCUT2D eigenvalue weighted by Crippen LogP contribution is 2.26. The second kappa shape index (κ2) is 6.92. The average molecular weight is 290 g/mol. The number of carbonyl (C=O) groups is 1. The Morgan fingerprint density at radius 1 is 1.33 bits per heavy atom. The van der Waals surface area contributed by atoms with Crippen molar-refractivity contribution in [2.45, 2.75) is 65.3 Å². The van der Waals surface area contributed by atoms with Crippen LogP contribution in [0.4, 0.5) is 5.82 Å². The highest BCUT2D eigenvalue weighted by molar-refractivity contribution is 5.93. The summed E-state index contributed by atoms with van der Waals surface area (Å²) >= 11 is 0. The van der Waals surface area contributed by atoms with Gasteiger partial charge in [-0.15, -0.1) is 0 Å². The maximum atomic E-state index is 11.5. The summed E-state index contributed by atoms with van der Waals surface area (Å²) in [6.45, 7) is 6.46. The van der Waals surface area contributed by atoms with Crippen LogP contribution in [0.2, 0.25) is 0 Å². The monoisotopic (exact) mass is 290 g/mol. The van der Waals surface area contributed by atoms with Crippen molar-refractivity contribution in [3.8, 4) is 0 Å². The summed E-state index contributed by atoms with van der Waals surface area (Å²) in [5.41, 5.74) is 2.50. The molecule has 2 N–H and O–H groups in total. The fraction of sp³-hybridized carbons (Fsp3) is 0.647. The molecule has 1 aliphatic carbocycles. The first-order valence-electron chi connectivity index (χ1n) is 8.09. The van der Waals surface area contributed by atoms with Crippen LogP contribution in [0.15, 0.2) is 6.07 Å². The Kier molecular flexibility index (Phi) is 5.21. The van der Waals surface area contributed by atoms with Crippen LogP contribution in [-0.2, 0) is 12.8 Å². The van der Waals surface area contributed by atoms with Gasteiger partial charge in [0.2, 0.25) is 0 Å². The Hall–Kier alpha value is -1.58. The summed E-state index contributed by atoms with van der Waals surface area (Å²) in [7, 11) is 0. The lowest BCUT2D eigenvalue weighted by Gasteiger charge is -2.25. The molecule has 0 bridgehead atoms. The third-order valence-electron chi connectivity index (χ3n) is 4.65. The van der Waals surface area contributed by atoms with Crippen molar-refractivity contribution in [3.05, 3.63) is 22.9 Å². The van der Waals surface area contributed by atoms with Crippen molar-refractivity contribution in [1.82, 2.24) is 4.98 Å². The minimum absolute atomic E-state index is 0.229. The first kappa shape index (κ1) is 15.8. The average Bonchev–Trinajstić information content (AvgIpc) is 2.47. The molecule has 1 unspecified atom stereocenters. The molecule has 0 saturated carbocycles. The number of rotatable bonds is 6. The van der Waals surface area contributed by atoms with Gasteiger partial charge in [0.1, 0.15) is 11.4 Å². The largest absolute Gasteiger partial charge is 0.478 e. The summed E-state index contributed by atoms with van der Waals surface area (Å²) in [6, 6.07) is 2.05. The van der Waals surface area contributed by atoms with Crippen LogP contribution in [0.5, 0.6) is 0 Å². The smallest absolute Gasteiger partial charge is 0.339 e. The fourth-order valence-corrected chi connectivity index (χ4v) is 3.24. The number of carboxylic acid groups (broad SMARTS) is 1. The van der Waals surface area contributed by atoms with Crippen LogP contribution in [0.3, 0.4) is 0 Å².